The first kappa shape index (κ1) is 21.9. The molecule has 8 heteroatoms. The highest BCUT2D eigenvalue weighted by molar-refractivity contribution is 6.04. The van der Waals surface area contributed by atoms with Crippen LogP contribution in [-0.4, -0.2) is 48.4 Å². The number of hydrogen-bond acceptors (Lipinski definition) is 6. The number of Topliss-reactive ketones (excluding diaryl/α,β-unsaturated/α-hetero) is 1. The average Bonchev–Trinajstić information content (AvgIpc) is 2.98. The molecule has 2 N–H and O–H groups in total. The molecule has 0 aliphatic rings. The molecule has 1 aromatic heterocycles. The molecule has 0 spiro atoms. The van der Waals surface area contributed by atoms with E-state index in [0.29, 0.717) is 16.8 Å². The number of nitrogens with one attached hydrogen (secondary N) is 2. The van der Waals surface area contributed by atoms with Crippen LogP contribution in [0.1, 0.15) is 54.9 Å². The third-order valence-corrected chi connectivity index (χ3v) is 4.42. The Labute approximate surface area is 168 Å². The monoisotopic (exact) mass is 400 g/mol. The predicted molar refractivity (Wildman–Crippen MR) is 105 cm³/mol. The number of esters is 2. The zero-order chi connectivity index (χ0) is 21.7. The number of methoxy groups -OCH3 is 1. The number of aryl methyl sites for hydroxylation is 2. The summed E-state index contributed by atoms with van der Waals surface area (Å²) in [5.41, 5.74) is 2.71. The van der Waals surface area contributed by atoms with Crippen LogP contribution in [-0.2, 0) is 14.3 Å². The van der Waals surface area contributed by atoms with Crippen LogP contribution in [0.25, 0.3) is 0 Å². The summed E-state index contributed by atoms with van der Waals surface area (Å²) in [6, 6.07) is 6.93. The van der Waals surface area contributed by atoms with Crippen molar-refractivity contribution < 1.29 is 28.7 Å². The molecule has 0 fully saturated rings. The molecular formula is C21H24N2O6. The van der Waals surface area contributed by atoms with E-state index in [-0.39, 0.29) is 17.8 Å². The molecule has 0 saturated carbocycles. The van der Waals surface area contributed by atoms with Gasteiger partial charge in [-0.3, -0.25) is 14.4 Å². The van der Waals surface area contributed by atoms with Crippen molar-refractivity contribution in [1.82, 2.24) is 10.3 Å². The van der Waals surface area contributed by atoms with Gasteiger partial charge in [0.1, 0.15) is 6.54 Å². The fourth-order valence-corrected chi connectivity index (χ4v) is 2.94. The third-order valence-electron chi connectivity index (χ3n) is 4.42. The fraction of sp³-hybridized carbons (Fsp3) is 0.333. The zero-order valence-electron chi connectivity index (χ0n) is 17.0. The van der Waals surface area contributed by atoms with Gasteiger partial charge in [0.2, 0.25) is 5.78 Å². The van der Waals surface area contributed by atoms with Crippen LogP contribution in [0.15, 0.2) is 24.3 Å². The molecule has 0 aliphatic carbocycles. The minimum absolute atomic E-state index is 0.173. The number of aromatic nitrogens is 1. The van der Waals surface area contributed by atoms with Crippen molar-refractivity contribution >= 4 is 23.6 Å². The Balaban J connectivity index is 1.98. The number of ether oxygens (including phenoxy) is 2. The Bertz CT molecular complexity index is 960. The predicted octanol–water partition coefficient (Wildman–Crippen LogP) is 2.27. The maximum absolute atomic E-state index is 12.6. The lowest BCUT2D eigenvalue weighted by molar-refractivity contribution is -0.145. The number of hydrogen-bond donors (Lipinski definition) is 2. The van der Waals surface area contributed by atoms with Gasteiger partial charge < -0.3 is 19.8 Å². The van der Waals surface area contributed by atoms with Crippen LogP contribution >= 0.6 is 0 Å². The van der Waals surface area contributed by atoms with Gasteiger partial charge >= 0.3 is 11.9 Å². The molecular weight excluding hydrogens is 376 g/mol. The summed E-state index contributed by atoms with van der Waals surface area (Å²) in [5, 5.41) is 2.46. The summed E-state index contributed by atoms with van der Waals surface area (Å²) >= 11 is 0. The fourth-order valence-electron chi connectivity index (χ4n) is 2.94. The van der Waals surface area contributed by atoms with Gasteiger partial charge in [-0.1, -0.05) is 17.7 Å². The molecule has 0 saturated heterocycles. The number of amides is 1. The van der Waals surface area contributed by atoms with Crippen molar-refractivity contribution in [2.45, 2.75) is 33.8 Å². The van der Waals surface area contributed by atoms with Gasteiger partial charge in [0.15, 0.2) is 6.10 Å². The zero-order valence-corrected chi connectivity index (χ0v) is 17.0. The summed E-state index contributed by atoms with van der Waals surface area (Å²) in [4.78, 5) is 51.4. The lowest BCUT2D eigenvalue weighted by atomic mass is 10.1. The molecule has 1 unspecified atom stereocenters. The Hall–Kier alpha value is -3.42. The molecule has 154 valence electrons. The standard InChI is InChI=1S/C21H24N2O6/c1-11-7-6-8-15(9-11)20(26)22-10-16(24)29-14(4)19(25)18-12(2)17(13(3)23-18)21(27)28-5/h6-9,14,23H,10H2,1-5H3,(H,22,26). The van der Waals surface area contributed by atoms with E-state index in [1.807, 2.05) is 13.0 Å². The second-order valence-electron chi connectivity index (χ2n) is 6.67. The molecule has 2 rings (SSSR count). The first-order valence-corrected chi connectivity index (χ1v) is 9.01. The van der Waals surface area contributed by atoms with Gasteiger partial charge in [-0.25, -0.2) is 4.79 Å². The van der Waals surface area contributed by atoms with E-state index in [0.717, 1.165) is 5.56 Å². The molecule has 1 heterocycles. The molecule has 1 atom stereocenters. The first-order chi connectivity index (χ1) is 13.6. The van der Waals surface area contributed by atoms with Gasteiger partial charge in [0.05, 0.1) is 18.4 Å². The highest BCUT2D eigenvalue weighted by Gasteiger charge is 2.27. The van der Waals surface area contributed by atoms with E-state index in [4.69, 9.17) is 9.47 Å². The number of rotatable bonds is 7. The molecule has 8 nitrogen and oxygen atoms in total. The van der Waals surface area contributed by atoms with Crippen LogP contribution < -0.4 is 5.32 Å². The van der Waals surface area contributed by atoms with Crippen LogP contribution in [0.2, 0.25) is 0 Å². The number of carbonyl (C=O) groups excluding carboxylic acids is 4. The lowest BCUT2D eigenvalue weighted by Gasteiger charge is -2.13. The van der Waals surface area contributed by atoms with Crippen LogP contribution in [0, 0.1) is 20.8 Å². The maximum atomic E-state index is 12.6. The first-order valence-electron chi connectivity index (χ1n) is 9.01. The Morgan fingerprint density at radius 1 is 1.14 bits per heavy atom. The van der Waals surface area contributed by atoms with Gasteiger partial charge in [0.25, 0.3) is 5.91 Å². The molecule has 2 aromatic rings. The number of carbonyl (C=O) groups is 4. The van der Waals surface area contributed by atoms with Gasteiger partial charge in [0, 0.05) is 11.3 Å². The van der Waals surface area contributed by atoms with Crippen molar-refractivity contribution in [1.29, 1.82) is 0 Å². The number of aromatic amines is 1. The lowest BCUT2D eigenvalue weighted by Crippen LogP contribution is -2.34. The quantitative estimate of drug-likeness (QED) is 0.544. The Morgan fingerprint density at radius 2 is 1.83 bits per heavy atom. The van der Waals surface area contributed by atoms with E-state index in [1.54, 1.807) is 32.0 Å². The van der Waals surface area contributed by atoms with Gasteiger partial charge in [-0.2, -0.15) is 0 Å². The number of ketones is 1. The summed E-state index contributed by atoms with van der Waals surface area (Å²) in [6.07, 6.45) is -1.10. The Kier molecular flexibility index (Phi) is 6.93. The second-order valence-corrected chi connectivity index (χ2v) is 6.67. The van der Waals surface area contributed by atoms with E-state index in [9.17, 15) is 19.2 Å². The van der Waals surface area contributed by atoms with Crippen molar-refractivity contribution in [2.24, 2.45) is 0 Å². The van der Waals surface area contributed by atoms with E-state index >= 15 is 0 Å². The maximum Gasteiger partial charge on any atom is 0.339 e. The summed E-state index contributed by atoms with van der Waals surface area (Å²) in [6.45, 7) is 6.16. The topological polar surface area (TPSA) is 115 Å². The Morgan fingerprint density at radius 3 is 2.45 bits per heavy atom. The molecule has 0 bridgehead atoms. The van der Waals surface area contributed by atoms with E-state index in [2.05, 4.69) is 10.3 Å². The number of H-pyrrole nitrogens is 1. The highest BCUT2D eigenvalue weighted by atomic mass is 16.5. The minimum Gasteiger partial charge on any atom is -0.465 e. The van der Waals surface area contributed by atoms with Crippen LogP contribution in [0.5, 0.6) is 0 Å². The van der Waals surface area contributed by atoms with Crippen LogP contribution in [0.4, 0.5) is 0 Å². The smallest absolute Gasteiger partial charge is 0.339 e. The number of benzene rings is 1. The third kappa shape index (κ3) is 5.10. The molecule has 0 aliphatic heterocycles. The largest absolute Gasteiger partial charge is 0.465 e. The van der Waals surface area contributed by atoms with Gasteiger partial charge in [-0.15, -0.1) is 0 Å². The summed E-state index contributed by atoms with van der Waals surface area (Å²) < 4.78 is 9.85. The second kappa shape index (κ2) is 9.18. The summed E-state index contributed by atoms with van der Waals surface area (Å²) in [5.74, 6) is -2.21. The average molecular weight is 400 g/mol. The molecule has 1 aromatic carbocycles. The normalized spacial score (nSPS) is 11.5. The van der Waals surface area contributed by atoms with Crippen molar-refractivity contribution in [3.05, 3.63) is 57.9 Å². The van der Waals surface area contributed by atoms with E-state index in [1.165, 1.54) is 14.0 Å². The molecule has 1 amide bonds. The highest BCUT2D eigenvalue weighted by Crippen LogP contribution is 2.20. The summed E-state index contributed by atoms with van der Waals surface area (Å²) in [7, 11) is 1.26. The molecule has 29 heavy (non-hydrogen) atoms. The molecule has 0 radical (unpaired) electrons. The van der Waals surface area contributed by atoms with Crippen molar-refractivity contribution in [3.63, 3.8) is 0 Å². The minimum atomic E-state index is -1.10. The SMILES string of the molecule is COC(=O)c1c(C)[nH]c(C(=O)C(C)OC(=O)CNC(=O)c2cccc(C)c2)c1C. The van der Waals surface area contributed by atoms with E-state index < -0.39 is 29.7 Å². The van der Waals surface area contributed by atoms with Crippen molar-refractivity contribution in [3.8, 4) is 0 Å². The van der Waals surface area contributed by atoms with Crippen molar-refractivity contribution in [2.75, 3.05) is 13.7 Å². The van der Waals surface area contributed by atoms with Gasteiger partial charge in [-0.05, 0) is 45.4 Å². The van der Waals surface area contributed by atoms with Crippen LogP contribution in [0.3, 0.4) is 0 Å².